The number of aryl methyl sites for hydroxylation is 1. The summed E-state index contributed by atoms with van der Waals surface area (Å²) >= 11 is 0. The molecule has 1 aromatic heterocycles. The first-order chi connectivity index (χ1) is 13.6. The summed E-state index contributed by atoms with van der Waals surface area (Å²) in [4.78, 5) is 4.35. The number of hydrogen-bond donors (Lipinski definition) is 3. The van der Waals surface area contributed by atoms with E-state index >= 15 is 0 Å². The number of rotatable bonds is 7. The van der Waals surface area contributed by atoms with E-state index in [2.05, 4.69) is 15.0 Å². The minimum atomic E-state index is -3.78. The van der Waals surface area contributed by atoms with Crippen LogP contribution >= 0.6 is 24.8 Å². The van der Waals surface area contributed by atoms with E-state index in [9.17, 15) is 17.2 Å². The molecule has 1 aromatic carbocycles. The molecule has 1 aliphatic heterocycles. The van der Waals surface area contributed by atoms with Crippen molar-refractivity contribution in [3.63, 3.8) is 0 Å². The molecule has 0 amide bonds. The number of nitrogens with one attached hydrogen (secondary N) is 2. The van der Waals surface area contributed by atoms with Gasteiger partial charge in [-0.3, -0.25) is 0 Å². The zero-order valence-electron chi connectivity index (χ0n) is 17.0. The first-order valence-corrected chi connectivity index (χ1v) is 11.0. The number of halogens is 4. The number of pyridine rings is 1. The van der Waals surface area contributed by atoms with Crippen molar-refractivity contribution in [1.82, 2.24) is 15.0 Å². The van der Waals surface area contributed by atoms with Gasteiger partial charge in [0.2, 0.25) is 15.9 Å². The predicted octanol–water partition coefficient (Wildman–Crippen LogP) is 2.55. The molecular weight excluding hydrogens is 473 g/mol. The van der Waals surface area contributed by atoms with Gasteiger partial charge in [0, 0.05) is 18.2 Å². The van der Waals surface area contributed by atoms with Crippen LogP contribution in [-0.4, -0.2) is 44.2 Å². The Balaban J connectivity index is 0.00000240. The Morgan fingerprint density at radius 2 is 2.00 bits per heavy atom. The van der Waals surface area contributed by atoms with Crippen LogP contribution in [0, 0.1) is 6.92 Å². The number of benzene rings is 1. The first kappa shape index (κ1) is 27.5. The molecule has 1 fully saturated rings. The Morgan fingerprint density at radius 1 is 1.29 bits per heavy atom. The van der Waals surface area contributed by atoms with E-state index in [1.807, 2.05) is 19.1 Å². The number of nitrogens with two attached hydrogens (primary N) is 1. The third kappa shape index (κ3) is 7.23. The number of alkyl halides is 2. The summed E-state index contributed by atoms with van der Waals surface area (Å²) in [5.74, 6) is -2.25. The van der Waals surface area contributed by atoms with Crippen LogP contribution in [0.5, 0.6) is 11.6 Å². The van der Waals surface area contributed by atoms with Crippen molar-refractivity contribution in [2.75, 3.05) is 12.8 Å². The van der Waals surface area contributed by atoms with Gasteiger partial charge in [0.25, 0.3) is 5.92 Å². The molecule has 0 aliphatic carbocycles. The minimum Gasteiger partial charge on any atom is -0.439 e. The standard InChI is InChI=1S/C19H24F2N4O3S.2ClH/c1-12-6-7-14(10-22)24-18(12)28-15-5-3-4-13(8-15)9-16-17(25-29(2,26)27)19(20,21)11-23-16;;/h3-8,16-17,23,25H,9-11,22H2,1-2H3;2*1H/t16-,17+;;/m0../s1. The molecule has 2 aromatic rings. The molecule has 0 saturated carbocycles. The Hall–Kier alpha value is -1.56. The quantitative estimate of drug-likeness (QED) is 0.541. The largest absolute Gasteiger partial charge is 0.439 e. The Kier molecular flexibility index (Phi) is 9.61. The van der Waals surface area contributed by atoms with E-state index in [1.165, 1.54) is 0 Å². The molecule has 4 N–H and O–H groups in total. The normalized spacial score (nSPS) is 19.9. The van der Waals surface area contributed by atoms with Gasteiger partial charge >= 0.3 is 0 Å². The van der Waals surface area contributed by atoms with Crippen LogP contribution in [0.15, 0.2) is 36.4 Å². The topological polar surface area (TPSA) is 106 Å². The van der Waals surface area contributed by atoms with E-state index < -0.39 is 34.6 Å². The van der Waals surface area contributed by atoms with Crippen LogP contribution in [0.1, 0.15) is 16.8 Å². The van der Waals surface area contributed by atoms with E-state index in [0.29, 0.717) is 17.3 Å². The fraction of sp³-hybridized carbons (Fsp3) is 0.421. The minimum absolute atomic E-state index is 0. The summed E-state index contributed by atoms with van der Waals surface area (Å²) in [6.07, 6.45) is 1.08. The van der Waals surface area contributed by atoms with Crippen LogP contribution in [0.25, 0.3) is 0 Å². The zero-order valence-corrected chi connectivity index (χ0v) is 19.4. The fourth-order valence-corrected chi connectivity index (χ4v) is 4.04. The molecule has 2 atom stereocenters. The molecule has 174 valence electrons. The highest BCUT2D eigenvalue weighted by molar-refractivity contribution is 7.88. The second kappa shape index (κ2) is 10.8. The van der Waals surface area contributed by atoms with Gasteiger partial charge in [-0.05, 0) is 37.1 Å². The van der Waals surface area contributed by atoms with Gasteiger partial charge in [0.15, 0.2) is 0 Å². The molecule has 1 aliphatic rings. The summed E-state index contributed by atoms with van der Waals surface area (Å²) in [6.45, 7) is 1.56. The Bertz CT molecular complexity index is 996. The van der Waals surface area contributed by atoms with Crippen LogP contribution in [0.2, 0.25) is 0 Å². The molecule has 12 heteroatoms. The van der Waals surface area contributed by atoms with Crippen molar-refractivity contribution < 1.29 is 21.9 Å². The monoisotopic (exact) mass is 498 g/mol. The molecule has 0 spiro atoms. The lowest BCUT2D eigenvalue weighted by Gasteiger charge is -2.24. The van der Waals surface area contributed by atoms with Gasteiger partial charge in [0.05, 0.1) is 18.5 Å². The smallest absolute Gasteiger partial charge is 0.277 e. The molecular formula is C19H26Cl2F2N4O3S. The number of sulfonamides is 1. The SMILES string of the molecule is Cc1ccc(CN)nc1Oc1cccc(C[C@@H]2NCC(F)(F)[C@@H]2NS(C)(=O)=O)c1.Cl.Cl. The summed E-state index contributed by atoms with van der Waals surface area (Å²) in [6, 6.07) is 8.40. The van der Waals surface area contributed by atoms with Crippen molar-refractivity contribution in [2.45, 2.75) is 37.9 Å². The molecule has 2 heterocycles. The third-order valence-electron chi connectivity index (χ3n) is 4.68. The number of nitrogens with zero attached hydrogens (tertiary/aromatic N) is 1. The lowest BCUT2D eigenvalue weighted by Crippen LogP contribution is -2.51. The van der Waals surface area contributed by atoms with Gasteiger partial charge in [-0.15, -0.1) is 24.8 Å². The molecule has 7 nitrogen and oxygen atoms in total. The molecule has 1 saturated heterocycles. The number of hydrogen-bond acceptors (Lipinski definition) is 6. The highest BCUT2D eigenvalue weighted by Gasteiger charge is 2.51. The maximum Gasteiger partial charge on any atom is 0.277 e. The van der Waals surface area contributed by atoms with E-state index in [-0.39, 0.29) is 37.8 Å². The average Bonchev–Trinajstić information content (AvgIpc) is 2.90. The van der Waals surface area contributed by atoms with Gasteiger partial charge < -0.3 is 15.8 Å². The van der Waals surface area contributed by atoms with Crippen molar-refractivity contribution in [1.29, 1.82) is 0 Å². The van der Waals surface area contributed by atoms with Crippen LogP contribution < -0.4 is 20.5 Å². The zero-order chi connectivity index (χ0) is 21.2. The van der Waals surface area contributed by atoms with E-state index in [4.69, 9.17) is 10.5 Å². The lowest BCUT2D eigenvalue weighted by molar-refractivity contribution is -0.000808. The van der Waals surface area contributed by atoms with E-state index in [1.54, 1.807) is 24.3 Å². The first-order valence-electron chi connectivity index (χ1n) is 9.09. The maximum atomic E-state index is 14.1. The predicted molar refractivity (Wildman–Crippen MR) is 120 cm³/mol. The maximum absolute atomic E-state index is 14.1. The lowest BCUT2D eigenvalue weighted by atomic mass is 10.00. The van der Waals surface area contributed by atoms with Crippen molar-refractivity contribution >= 4 is 34.8 Å². The average molecular weight is 499 g/mol. The fourth-order valence-electron chi connectivity index (χ4n) is 3.25. The molecule has 0 unspecified atom stereocenters. The van der Waals surface area contributed by atoms with Crippen molar-refractivity contribution in [3.8, 4) is 11.6 Å². The Labute approximate surface area is 193 Å². The van der Waals surface area contributed by atoms with E-state index in [0.717, 1.165) is 17.4 Å². The summed E-state index contributed by atoms with van der Waals surface area (Å²) in [7, 11) is -3.78. The second-order valence-electron chi connectivity index (χ2n) is 7.20. The molecule has 3 rings (SSSR count). The third-order valence-corrected chi connectivity index (χ3v) is 5.37. The summed E-state index contributed by atoms with van der Waals surface area (Å²) < 4.78 is 59.2. The second-order valence-corrected chi connectivity index (χ2v) is 8.98. The van der Waals surface area contributed by atoms with Crippen molar-refractivity contribution in [2.24, 2.45) is 5.73 Å². The number of aromatic nitrogens is 1. The van der Waals surface area contributed by atoms with Crippen LogP contribution in [0.3, 0.4) is 0 Å². The summed E-state index contributed by atoms with van der Waals surface area (Å²) in [5, 5.41) is 2.72. The van der Waals surface area contributed by atoms with Gasteiger partial charge in [-0.1, -0.05) is 18.2 Å². The van der Waals surface area contributed by atoms with Gasteiger partial charge in [0.1, 0.15) is 11.8 Å². The van der Waals surface area contributed by atoms with Gasteiger partial charge in [-0.25, -0.2) is 26.9 Å². The van der Waals surface area contributed by atoms with Crippen LogP contribution in [-0.2, 0) is 23.0 Å². The van der Waals surface area contributed by atoms with Crippen molar-refractivity contribution in [3.05, 3.63) is 53.2 Å². The highest BCUT2D eigenvalue weighted by Crippen LogP contribution is 2.30. The Morgan fingerprint density at radius 3 is 2.65 bits per heavy atom. The van der Waals surface area contributed by atoms with Gasteiger partial charge in [-0.2, -0.15) is 0 Å². The number of ether oxygens (including phenoxy) is 1. The molecule has 0 radical (unpaired) electrons. The summed E-state index contributed by atoms with van der Waals surface area (Å²) in [5.41, 5.74) is 7.87. The van der Waals surface area contributed by atoms with Crippen LogP contribution in [0.4, 0.5) is 8.78 Å². The molecule has 0 bridgehead atoms. The molecule has 31 heavy (non-hydrogen) atoms. The highest BCUT2D eigenvalue weighted by atomic mass is 35.5.